The van der Waals surface area contributed by atoms with Crippen molar-refractivity contribution in [1.29, 1.82) is 0 Å². The first-order chi connectivity index (χ1) is 13.5. The molecule has 0 amide bonds. The largest absolute Gasteiger partial charge is 0.465 e. The third-order valence-electron chi connectivity index (χ3n) is 3.50. The number of esters is 2. The van der Waals surface area contributed by atoms with E-state index in [0.717, 1.165) is 20.0 Å². The van der Waals surface area contributed by atoms with Crippen LogP contribution in [0.5, 0.6) is 0 Å². The summed E-state index contributed by atoms with van der Waals surface area (Å²) in [4.78, 5) is 24.8. The van der Waals surface area contributed by atoms with Crippen LogP contribution in [-0.4, -0.2) is 37.7 Å². The smallest absolute Gasteiger partial charge is 0.346 e. The van der Waals surface area contributed by atoms with Crippen molar-refractivity contribution in [2.24, 2.45) is 0 Å². The maximum Gasteiger partial charge on any atom is 0.346 e. The summed E-state index contributed by atoms with van der Waals surface area (Å²) >= 11 is 9.97. The van der Waals surface area contributed by atoms with Crippen molar-refractivity contribution in [2.75, 3.05) is 25.7 Å². The number of hydrogen-bond acceptors (Lipinski definition) is 10. The third-order valence-corrected chi connectivity index (χ3v) is 12.3. The van der Waals surface area contributed by atoms with Crippen LogP contribution in [0.4, 0.5) is 0 Å². The van der Waals surface area contributed by atoms with Gasteiger partial charge in [0.15, 0.2) is 0 Å². The van der Waals surface area contributed by atoms with Gasteiger partial charge in [-0.1, -0.05) is 73.7 Å². The van der Waals surface area contributed by atoms with Crippen LogP contribution in [-0.2, 0) is 19.1 Å². The Hall–Kier alpha value is 0.260. The molecular formula is C18H24O4S6. The lowest BCUT2D eigenvalue weighted by Crippen LogP contribution is -2.08. The summed E-state index contributed by atoms with van der Waals surface area (Å²) in [6, 6.07) is 0. The summed E-state index contributed by atoms with van der Waals surface area (Å²) in [5, 5.41) is 0. The molecule has 0 fully saturated rings. The molecule has 2 rings (SSSR count). The van der Waals surface area contributed by atoms with E-state index in [9.17, 15) is 9.59 Å². The van der Waals surface area contributed by atoms with E-state index in [1.807, 2.05) is 23.5 Å². The SMILES string of the molecule is CCCCSC1=C(SCCCC)SC(=C2SC(C(=O)OC)=C(C(=O)OC)S2)S1. The van der Waals surface area contributed by atoms with Crippen molar-refractivity contribution in [2.45, 2.75) is 39.5 Å². The lowest BCUT2D eigenvalue weighted by molar-refractivity contribution is -0.138. The number of ether oxygens (including phenoxy) is 2. The Morgan fingerprint density at radius 3 is 1.50 bits per heavy atom. The second-order valence-corrected chi connectivity index (χ2v) is 12.9. The fraction of sp³-hybridized carbons (Fsp3) is 0.556. The normalized spacial score (nSPS) is 17.0. The molecular weight excluding hydrogens is 473 g/mol. The summed E-state index contributed by atoms with van der Waals surface area (Å²) < 4.78 is 14.5. The van der Waals surface area contributed by atoms with Crippen LogP contribution in [0.25, 0.3) is 0 Å². The number of rotatable bonds is 10. The molecule has 10 heteroatoms. The first kappa shape index (κ1) is 24.5. The molecule has 4 nitrogen and oxygen atoms in total. The molecule has 0 N–H and O–H groups in total. The maximum absolute atomic E-state index is 12.1. The third kappa shape index (κ3) is 6.63. The highest BCUT2D eigenvalue weighted by atomic mass is 32.3. The van der Waals surface area contributed by atoms with Crippen LogP contribution in [0.2, 0.25) is 0 Å². The first-order valence-corrected chi connectivity index (χ1v) is 14.2. The molecule has 0 atom stereocenters. The molecule has 28 heavy (non-hydrogen) atoms. The van der Waals surface area contributed by atoms with Gasteiger partial charge in [0.1, 0.15) is 9.81 Å². The molecule has 0 radical (unpaired) electrons. The second kappa shape index (κ2) is 12.8. The van der Waals surface area contributed by atoms with E-state index in [2.05, 4.69) is 13.8 Å². The molecule has 0 aromatic carbocycles. The van der Waals surface area contributed by atoms with Crippen molar-refractivity contribution in [3.05, 3.63) is 26.8 Å². The minimum atomic E-state index is -0.496. The van der Waals surface area contributed by atoms with Gasteiger partial charge in [0.2, 0.25) is 0 Å². The fourth-order valence-electron chi connectivity index (χ4n) is 1.99. The molecule has 2 heterocycles. The van der Waals surface area contributed by atoms with Crippen LogP contribution >= 0.6 is 70.6 Å². The van der Waals surface area contributed by atoms with Gasteiger partial charge >= 0.3 is 11.9 Å². The van der Waals surface area contributed by atoms with E-state index in [0.29, 0.717) is 9.81 Å². The van der Waals surface area contributed by atoms with Crippen LogP contribution < -0.4 is 0 Å². The molecule has 0 bridgehead atoms. The molecule has 0 aliphatic carbocycles. The molecule has 0 aromatic heterocycles. The van der Waals surface area contributed by atoms with Gasteiger partial charge in [0, 0.05) is 0 Å². The van der Waals surface area contributed by atoms with Gasteiger partial charge in [0.25, 0.3) is 0 Å². The molecule has 156 valence electrons. The zero-order valence-corrected chi connectivity index (χ0v) is 21.2. The maximum atomic E-state index is 12.1. The molecule has 0 saturated heterocycles. The minimum Gasteiger partial charge on any atom is -0.465 e. The predicted molar refractivity (Wildman–Crippen MR) is 130 cm³/mol. The molecule has 0 aromatic rings. The van der Waals surface area contributed by atoms with Crippen molar-refractivity contribution in [3.63, 3.8) is 0 Å². The Kier molecular flexibility index (Phi) is 11.2. The van der Waals surface area contributed by atoms with Crippen LogP contribution in [0.1, 0.15) is 39.5 Å². The topological polar surface area (TPSA) is 52.6 Å². The summed E-state index contributed by atoms with van der Waals surface area (Å²) in [5.74, 6) is 1.23. The van der Waals surface area contributed by atoms with Crippen molar-refractivity contribution in [1.82, 2.24) is 0 Å². The Morgan fingerprint density at radius 1 is 0.750 bits per heavy atom. The average Bonchev–Trinajstić information content (AvgIpc) is 3.32. The monoisotopic (exact) mass is 496 g/mol. The highest BCUT2D eigenvalue weighted by Crippen LogP contribution is 2.63. The van der Waals surface area contributed by atoms with E-state index >= 15 is 0 Å². The number of carbonyl (C=O) groups excluding carboxylic acids is 2. The van der Waals surface area contributed by atoms with Gasteiger partial charge < -0.3 is 9.47 Å². The molecule has 0 unspecified atom stereocenters. The predicted octanol–water partition coefficient (Wildman–Crippen LogP) is 6.82. The second-order valence-electron chi connectivity index (χ2n) is 5.60. The van der Waals surface area contributed by atoms with Gasteiger partial charge in [-0.3, -0.25) is 0 Å². The summed E-state index contributed by atoms with van der Waals surface area (Å²) in [6.07, 6.45) is 4.76. The molecule has 0 saturated carbocycles. The molecule has 2 aliphatic heterocycles. The van der Waals surface area contributed by atoms with E-state index in [1.54, 1.807) is 23.5 Å². The van der Waals surface area contributed by atoms with Gasteiger partial charge in [-0.2, -0.15) is 0 Å². The summed E-state index contributed by atoms with van der Waals surface area (Å²) in [6.45, 7) is 4.41. The van der Waals surface area contributed by atoms with Gasteiger partial charge in [-0.05, 0) is 24.3 Å². The average molecular weight is 497 g/mol. The fourth-order valence-corrected chi connectivity index (χ4v) is 10.9. The number of unbranched alkanes of at least 4 members (excludes halogenated alkanes) is 2. The number of hydrogen-bond donors (Lipinski definition) is 0. The Bertz CT molecular complexity index is 644. The van der Waals surface area contributed by atoms with Gasteiger partial charge in [-0.25, -0.2) is 9.59 Å². The molecule has 0 spiro atoms. The number of methoxy groups -OCH3 is 2. The van der Waals surface area contributed by atoms with Crippen LogP contribution in [0.3, 0.4) is 0 Å². The number of thioether (sulfide) groups is 6. The van der Waals surface area contributed by atoms with Crippen LogP contribution in [0.15, 0.2) is 26.8 Å². The van der Waals surface area contributed by atoms with E-state index in [1.165, 1.54) is 71.9 Å². The highest BCUT2D eigenvalue weighted by molar-refractivity contribution is 8.42. The van der Waals surface area contributed by atoms with Crippen molar-refractivity contribution in [3.8, 4) is 0 Å². The minimum absolute atomic E-state index is 0.315. The quantitative estimate of drug-likeness (QED) is 0.238. The Balaban J connectivity index is 2.17. The van der Waals surface area contributed by atoms with E-state index < -0.39 is 11.9 Å². The van der Waals surface area contributed by atoms with Crippen molar-refractivity contribution < 1.29 is 19.1 Å². The van der Waals surface area contributed by atoms with Crippen molar-refractivity contribution >= 4 is 82.5 Å². The van der Waals surface area contributed by atoms with E-state index in [-0.39, 0.29) is 0 Å². The highest BCUT2D eigenvalue weighted by Gasteiger charge is 2.36. The lowest BCUT2D eigenvalue weighted by Gasteiger charge is -2.03. The first-order valence-electron chi connectivity index (χ1n) is 8.92. The number of carbonyl (C=O) groups is 2. The zero-order valence-electron chi connectivity index (χ0n) is 16.3. The molecule has 2 aliphatic rings. The summed E-state index contributed by atoms with van der Waals surface area (Å²) in [5.41, 5.74) is 0. The Morgan fingerprint density at radius 2 is 1.14 bits per heavy atom. The van der Waals surface area contributed by atoms with Gasteiger partial charge in [-0.15, -0.1) is 23.5 Å². The summed E-state index contributed by atoms with van der Waals surface area (Å²) in [7, 11) is 2.65. The van der Waals surface area contributed by atoms with E-state index in [4.69, 9.17) is 9.47 Å². The van der Waals surface area contributed by atoms with Gasteiger partial charge in [0.05, 0.1) is 31.2 Å². The zero-order chi connectivity index (χ0) is 20.5. The van der Waals surface area contributed by atoms with Crippen LogP contribution in [0, 0.1) is 0 Å². The lowest BCUT2D eigenvalue weighted by atomic mass is 10.4. The standard InChI is InChI=1S/C18H24O4S6/c1-5-7-9-23-15-16(24-10-8-6-2)28-18(27-15)17-25-11(13(19)21-3)12(26-17)14(20)22-4/h5-10H2,1-4H3. The Labute approximate surface area is 192 Å².